The van der Waals surface area contributed by atoms with Gasteiger partial charge in [0.25, 0.3) is 11.6 Å². The fraction of sp³-hybridized carbons (Fsp3) is 0.600. The fourth-order valence-corrected chi connectivity index (χ4v) is 5.43. The molecule has 3 heterocycles. The molecule has 0 aromatic heterocycles. The number of piperazine rings is 2. The summed E-state index contributed by atoms with van der Waals surface area (Å²) in [6.45, 7) is 7.86. The third-order valence-corrected chi connectivity index (χ3v) is 7.75. The third-order valence-electron chi connectivity index (χ3n) is 7.75. The van der Waals surface area contributed by atoms with Crippen LogP contribution >= 0.6 is 0 Å². The van der Waals surface area contributed by atoms with Gasteiger partial charge < -0.3 is 25.3 Å². The van der Waals surface area contributed by atoms with Crippen LogP contribution in [-0.4, -0.2) is 118 Å². The molecular formula is C25H37N9O4. The van der Waals surface area contributed by atoms with Gasteiger partial charge in [-0.15, -0.1) is 0 Å². The van der Waals surface area contributed by atoms with Crippen LogP contribution in [0, 0.1) is 26.9 Å². The van der Waals surface area contributed by atoms with Crippen LogP contribution in [0.15, 0.2) is 18.2 Å². The summed E-state index contributed by atoms with van der Waals surface area (Å²) in [6, 6.07) is 4.56. The first-order valence-corrected chi connectivity index (χ1v) is 13.1. The number of amides is 2. The van der Waals surface area contributed by atoms with Crippen LogP contribution in [0.1, 0.15) is 35.7 Å². The molecule has 0 atom stereocenters. The van der Waals surface area contributed by atoms with E-state index in [1.54, 1.807) is 22.8 Å². The quantitative estimate of drug-likeness (QED) is 0.217. The Hall–Kier alpha value is -3.74. The van der Waals surface area contributed by atoms with Gasteiger partial charge in [-0.3, -0.25) is 35.4 Å². The number of nitrogens with one attached hydrogen (secondary N) is 2. The maximum Gasteiger partial charge on any atom is 0.270 e. The molecule has 1 aromatic rings. The zero-order valence-corrected chi connectivity index (χ0v) is 21.9. The van der Waals surface area contributed by atoms with Crippen molar-refractivity contribution in [3.8, 4) is 0 Å². The Bertz CT molecular complexity index is 1090. The lowest BCUT2D eigenvalue weighted by molar-refractivity contribution is -0.385. The molecule has 0 aliphatic carbocycles. The molecule has 13 nitrogen and oxygen atoms in total. The average molecular weight is 528 g/mol. The van der Waals surface area contributed by atoms with Crippen LogP contribution in [0.4, 0.5) is 5.69 Å². The monoisotopic (exact) mass is 527 g/mol. The third kappa shape index (κ3) is 6.39. The molecule has 3 saturated heterocycles. The number of hydrogen-bond acceptors (Lipinski definition) is 7. The second kappa shape index (κ2) is 11.8. The van der Waals surface area contributed by atoms with E-state index in [1.807, 2.05) is 9.80 Å². The van der Waals surface area contributed by atoms with Crippen molar-refractivity contribution in [3.05, 3.63) is 39.4 Å². The number of guanidine groups is 1. The van der Waals surface area contributed by atoms with Crippen molar-refractivity contribution in [2.75, 3.05) is 65.4 Å². The van der Waals surface area contributed by atoms with E-state index < -0.39 is 4.92 Å². The normalized spacial score (nSPS) is 19.4. The van der Waals surface area contributed by atoms with Gasteiger partial charge in [0.2, 0.25) is 5.91 Å². The van der Waals surface area contributed by atoms with Crippen molar-refractivity contribution < 1.29 is 14.5 Å². The molecule has 38 heavy (non-hydrogen) atoms. The number of rotatable bonds is 5. The molecule has 3 aliphatic rings. The van der Waals surface area contributed by atoms with E-state index in [1.165, 1.54) is 12.1 Å². The minimum atomic E-state index is -0.476. The summed E-state index contributed by atoms with van der Waals surface area (Å²) >= 11 is 0. The molecule has 0 spiro atoms. The van der Waals surface area contributed by atoms with E-state index in [0.29, 0.717) is 83.4 Å². The second-order valence-corrected chi connectivity index (χ2v) is 10.3. The van der Waals surface area contributed by atoms with E-state index in [2.05, 4.69) is 4.90 Å². The first-order valence-electron chi connectivity index (χ1n) is 13.1. The Balaban J connectivity index is 1.35. The number of nitrogens with zero attached hydrogens (tertiary/aromatic N) is 6. The molecule has 3 fully saturated rings. The molecule has 0 bridgehead atoms. The van der Waals surface area contributed by atoms with Crippen LogP contribution in [0.3, 0.4) is 0 Å². The number of nitro benzene ring substituents is 1. The number of benzene rings is 1. The summed E-state index contributed by atoms with van der Waals surface area (Å²) in [6.07, 6.45) is 1.46. The Morgan fingerprint density at radius 2 is 1.47 bits per heavy atom. The summed E-state index contributed by atoms with van der Waals surface area (Å²) in [7, 11) is 0. The first kappa shape index (κ1) is 27.3. The molecule has 206 valence electrons. The second-order valence-electron chi connectivity index (χ2n) is 10.3. The lowest BCUT2D eigenvalue weighted by atomic mass is 9.95. The standard InChI is InChI=1S/C25H37N9O4/c1-18(26)30-4-2-20(3-5-30)23(35)31-10-12-32(13-11-31)24(36)21-14-19(15-22(16-21)34(37)38)17-29-6-8-33(9-7-29)25(27)28/h14-16,20,26H,2-13,17H2,1H3,(H3,27,28). The van der Waals surface area contributed by atoms with Gasteiger partial charge in [-0.2, -0.15) is 0 Å². The highest BCUT2D eigenvalue weighted by Gasteiger charge is 2.32. The van der Waals surface area contributed by atoms with Crippen LogP contribution in [0.5, 0.6) is 0 Å². The zero-order valence-electron chi connectivity index (χ0n) is 21.9. The van der Waals surface area contributed by atoms with Gasteiger partial charge in [0.05, 0.1) is 10.8 Å². The Kier molecular flexibility index (Phi) is 8.45. The highest BCUT2D eigenvalue weighted by molar-refractivity contribution is 5.95. The molecular weight excluding hydrogens is 490 g/mol. The van der Waals surface area contributed by atoms with Crippen molar-refractivity contribution in [3.63, 3.8) is 0 Å². The number of nitro groups is 1. The lowest BCUT2D eigenvalue weighted by Gasteiger charge is -2.39. The van der Waals surface area contributed by atoms with E-state index >= 15 is 0 Å². The van der Waals surface area contributed by atoms with E-state index in [9.17, 15) is 19.7 Å². The molecule has 2 amide bonds. The van der Waals surface area contributed by atoms with Crippen molar-refractivity contribution in [1.29, 1.82) is 10.8 Å². The summed E-state index contributed by atoms with van der Waals surface area (Å²) in [5.74, 6) is 0.366. The summed E-state index contributed by atoms with van der Waals surface area (Å²) in [5, 5.41) is 26.9. The average Bonchev–Trinajstić information content (AvgIpc) is 2.92. The largest absolute Gasteiger partial charge is 0.370 e. The fourth-order valence-electron chi connectivity index (χ4n) is 5.43. The van der Waals surface area contributed by atoms with Gasteiger partial charge in [0.1, 0.15) is 0 Å². The van der Waals surface area contributed by atoms with Crippen molar-refractivity contribution in [2.24, 2.45) is 11.7 Å². The van der Waals surface area contributed by atoms with Gasteiger partial charge in [0, 0.05) is 95.6 Å². The number of piperidine rings is 1. The SMILES string of the molecule is CC(=N)N1CCC(C(=O)N2CCN(C(=O)c3cc(CN4CCN(C(=N)N)CC4)cc([N+](=O)[O-])c3)CC2)CC1. The molecule has 4 rings (SSSR count). The Labute approximate surface area is 222 Å². The predicted molar refractivity (Wildman–Crippen MR) is 142 cm³/mol. The van der Waals surface area contributed by atoms with E-state index in [0.717, 1.165) is 12.8 Å². The lowest BCUT2D eigenvalue weighted by Crippen LogP contribution is -2.53. The molecule has 1 aromatic carbocycles. The number of non-ortho nitro benzene ring substituents is 1. The smallest absolute Gasteiger partial charge is 0.270 e. The van der Waals surface area contributed by atoms with Crippen molar-refractivity contribution in [1.82, 2.24) is 24.5 Å². The predicted octanol–water partition coefficient (Wildman–Crippen LogP) is 0.599. The highest BCUT2D eigenvalue weighted by atomic mass is 16.6. The van der Waals surface area contributed by atoms with E-state index in [-0.39, 0.29) is 34.9 Å². The summed E-state index contributed by atoms with van der Waals surface area (Å²) in [5.41, 5.74) is 6.42. The number of likely N-dealkylation sites (tertiary alicyclic amines) is 1. The molecule has 0 unspecified atom stereocenters. The molecule has 13 heteroatoms. The van der Waals surface area contributed by atoms with Crippen LogP contribution in [0.25, 0.3) is 0 Å². The van der Waals surface area contributed by atoms with Gasteiger partial charge in [0.15, 0.2) is 5.96 Å². The van der Waals surface area contributed by atoms with Gasteiger partial charge >= 0.3 is 0 Å². The van der Waals surface area contributed by atoms with Crippen LogP contribution in [0.2, 0.25) is 0 Å². The maximum atomic E-state index is 13.3. The van der Waals surface area contributed by atoms with Crippen LogP contribution < -0.4 is 5.73 Å². The number of hydrogen-bond donors (Lipinski definition) is 3. The molecule has 4 N–H and O–H groups in total. The van der Waals surface area contributed by atoms with Crippen LogP contribution in [-0.2, 0) is 11.3 Å². The number of carbonyl (C=O) groups excluding carboxylic acids is 2. The number of nitrogens with two attached hydrogens (primary N) is 1. The molecule has 0 saturated carbocycles. The minimum absolute atomic E-state index is 0.0398. The van der Waals surface area contributed by atoms with Gasteiger partial charge in [-0.25, -0.2) is 0 Å². The topological polar surface area (TPSA) is 167 Å². The molecule has 0 radical (unpaired) electrons. The number of amidine groups is 1. The maximum absolute atomic E-state index is 13.3. The van der Waals surface area contributed by atoms with Crippen molar-refractivity contribution in [2.45, 2.75) is 26.3 Å². The van der Waals surface area contributed by atoms with Gasteiger partial charge in [-0.05, 0) is 31.4 Å². The zero-order chi connectivity index (χ0) is 27.4. The van der Waals surface area contributed by atoms with E-state index in [4.69, 9.17) is 16.6 Å². The minimum Gasteiger partial charge on any atom is -0.370 e. The van der Waals surface area contributed by atoms with Crippen molar-refractivity contribution >= 4 is 29.3 Å². The molecule has 3 aliphatic heterocycles. The Morgan fingerprint density at radius 1 is 0.895 bits per heavy atom. The number of carbonyl (C=O) groups is 2. The first-order chi connectivity index (χ1) is 18.1. The summed E-state index contributed by atoms with van der Waals surface area (Å²) < 4.78 is 0. The summed E-state index contributed by atoms with van der Waals surface area (Å²) in [4.78, 5) is 46.9. The Morgan fingerprint density at radius 3 is 2.03 bits per heavy atom. The highest BCUT2D eigenvalue weighted by Crippen LogP contribution is 2.23. The van der Waals surface area contributed by atoms with Gasteiger partial charge in [-0.1, -0.05) is 0 Å².